The van der Waals surface area contributed by atoms with Crippen molar-refractivity contribution in [3.05, 3.63) is 45.2 Å². The molecule has 1 N–H and O–H groups in total. The number of pyridine rings is 1. The van der Waals surface area contributed by atoms with Gasteiger partial charge in [0.05, 0.1) is 17.7 Å². The second-order valence-corrected chi connectivity index (χ2v) is 7.31. The van der Waals surface area contributed by atoms with Gasteiger partial charge in [0.15, 0.2) is 5.69 Å². The SMILES string of the molecule is CCOc1ccc(Cl)c(C(=O)NC(c2cccs2)C2CCCC2)n1. The third-order valence-electron chi connectivity index (χ3n) is 4.34. The average Bonchev–Trinajstić information content (AvgIpc) is 3.28. The molecule has 4 nitrogen and oxygen atoms in total. The Morgan fingerprint density at radius 1 is 1.42 bits per heavy atom. The molecule has 0 radical (unpaired) electrons. The molecule has 0 aromatic carbocycles. The largest absolute Gasteiger partial charge is 0.478 e. The lowest BCUT2D eigenvalue weighted by Gasteiger charge is -2.24. The van der Waals surface area contributed by atoms with Crippen molar-refractivity contribution in [1.82, 2.24) is 10.3 Å². The Morgan fingerprint density at radius 3 is 2.88 bits per heavy atom. The lowest BCUT2D eigenvalue weighted by Crippen LogP contribution is -2.33. The number of aromatic nitrogens is 1. The van der Waals surface area contributed by atoms with Gasteiger partial charge in [-0.05, 0) is 43.2 Å². The molecular weight excluding hydrogens is 344 g/mol. The fraction of sp³-hybridized carbons (Fsp3) is 0.444. The summed E-state index contributed by atoms with van der Waals surface area (Å²) in [6, 6.07) is 7.46. The van der Waals surface area contributed by atoms with Crippen molar-refractivity contribution in [3.8, 4) is 5.88 Å². The van der Waals surface area contributed by atoms with Gasteiger partial charge >= 0.3 is 0 Å². The molecule has 3 rings (SSSR count). The molecule has 24 heavy (non-hydrogen) atoms. The van der Waals surface area contributed by atoms with E-state index in [4.69, 9.17) is 16.3 Å². The summed E-state index contributed by atoms with van der Waals surface area (Å²) in [5.74, 6) is 0.647. The van der Waals surface area contributed by atoms with Crippen LogP contribution >= 0.6 is 22.9 Å². The number of rotatable bonds is 6. The zero-order chi connectivity index (χ0) is 16.9. The summed E-state index contributed by atoms with van der Waals surface area (Å²) in [5.41, 5.74) is 0.224. The first-order valence-electron chi connectivity index (χ1n) is 8.32. The first-order chi connectivity index (χ1) is 11.7. The van der Waals surface area contributed by atoms with Crippen LogP contribution in [0.2, 0.25) is 5.02 Å². The van der Waals surface area contributed by atoms with Crippen LogP contribution in [0.1, 0.15) is 54.0 Å². The smallest absolute Gasteiger partial charge is 0.272 e. The summed E-state index contributed by atoms with van der Waals surface area (Å²) in [5, 5.41) is 5.54. The van der Waals surface area contributed by atoms with Crippen molar-refractivity contribution in [1.29, 1.82) is 0 Å². The molecule has 0 aliphatic heterocycles. The fourth-order valence-electron chi connectivity index (χ4n) is 3.20. The van der Waals surface area contributed by atoms with E-state index in [1.165, 1.54) is 17.7 Å². The minimum atomic E-state index is -0.244. The highest BCUT2D eigenvalue weighted by molar-refractivity contribution is 7.10. The van der Waals surface area contributed by atoms with Gasteiger partial charge in [-0.2, -0.15) is 0 Å². The van der Waals surface area contributed by atoms with E-state index in [0.29, 0.717) is 23.4 Å². The van der Waals surface area contributed by atoms with E-state index in [-0.39, 0.29) is 17.6 Å². The van der Waals surface area contributed by atoms with Crippen LogP contribution in [0.3, 0.4) is 0 Å². The Balaban J connectivity index is 1.82. The minimum Gasteiger partial charge on any atom is -0.478 e. The van der Waals surface area contributed by atoms with Gasteiger partial charge in [-0.25, -0.2) is 4.98 Å². The van der Waals surface area contributed by atoms with Crippen molar-refractivity contribution >= 4 is 28.8 Å². The number of nitrogens with zero attached hydrogens (tertiary/aromatic N) is 1. The average molecular weight is 365 g/mol. The topological polar surface area (TPSA) is 51.2 Å². The van der Waals surface area contributed by atoms with Crippen LogP contribution < -0.4 is 10.1 Å². The van der Waals surface area contributed by atoms with Crippen molar-refractivity contribution in [2.45, 2.75) is 38.6 Å². The molecule has 1 amide bonds. The third-order valence-corrected chi connectivity index (χ3v) is 5.60. The number of carbonyl (C=O) groups is 1. The van der Waals surface area contributed by atoms with E-state index in [9.17, 15) is 4.79 Å². The Morgan fingerprint density at radius 2 is 2.21 bits per heavy atom. The number of thiophene rings is 1. The molecule has 0 spiro atoms. The van der Waals surface area contributed by atoms with Crippen LogP contribution in [0, 0.1) is 5.92 Å². The van der Waals surface area contributed by atoms with E-state index in [1.807, 2.05) is 18.4 Å². The first-order valence-corrected chi connectivity index (χ1v) is 9.58. The van der Waals surface area contributed by atoms with Crippen LogP contribution in [0.25, 0.3) is 0 Å². The van der Waals surface area contributed by atoms with Crippen LogP contribution in [0.15, 0.2) is 29.6 Å². The van der Waals surface area contributed by atoms with E-state index in [1.54, 1.807) is 23.5 Å². The monoisotopic (exact) mass is 364 g/mol. The summed E-state index contributed by atoms with van der Waals surface area (Å²) >= 11 is 7.86. The first kappa shape index (κ1) is 17.2. The zero-order valence-electron chi connectivity index (χ0n) is 13.6. The number of carbonyl (C=O) groups excluding carboxylic acids is 1. The predicted molar refractivity (Wildman–Crippen MR) is 96.9 cm³/mol. The lowest BCUT2D eigenvalue weighted by molar-refractivity contribution is 0.0916. The Kier molecular flexibility index (Phi) is 5.74. The van der Waals surface area contributed by atoms with Crippen molar-refractivity contribution < 1.29 is 9.53 Å². The van der Waals surface area contributed by atoms with Crippen LogP contribution in [-0.2, 0) is 0 Å². The van der Waals surface area contributed by atoms with Gasteiger partial charge in [0.25, 0.3) is 5.91 Å². The van der Waals surface area contributed by atoms with Crippen molar-refractivity contribution in [2.75, 3.05) is 6.61 Å². The molecule has 1 unspecified atom stereocenters. The van der Waals surface area contributed by atoms with E-state index >= 15 is 0 Å². The molecule has 0 saturated heterocycles. The molecular formula is C18H21ClN2O2S. The quantitative estimate of drug-likeness (QED) is 0.796. The van der Waals surface area contributed by atoms with Gasteiger partial charge in [-0.3, -0.25) is 4.79 Å². The number of hydrogen-bond donors (Lipinski definition) is 1. The number of ether oxygens (including phenoxy) is 1. The molecule has 1 atom stereocenters. The maximum absolute atomic E-state index is 12.8. The number of halogens is 1. The standard InChI is InChI=1S/C18H21ClN2O2S/c1-2-23-15-10-9-13(19)17(20-15)18(22)21-16(12-6-3-4-7-12)14-8-5-11-24-14/h5,8-12,16H,2-4,6-7H2,1H3,(H,21,22). The second kappa shape index (κ2) is 7.99. The maximum Gasteiger partial charge on any atom is 0.272 e. The molecule has 1 aliphatic carbocycles. The zero-order valence-corrected chi connectivity index (χ0v) is 15.2. The summed E-state index contributed by atoms with van der Waals surface area (Å²) in [6.07, 6.45) is 4.73. The highest BCUT2D eigenvalue weighted by Gasteiger charge is 2.29. The van der Waals surface area contributed by atoms with Crippen molar-refractivity contribution in [2.24, 2.45) is 5.92 Å². The molecule has 0 bridgehead atoms. The van der Waals surface area contributed by atoms with Crippen LogP contribution in [-0.4, -0.2) is 17.5 Å². The Hall–Kier alpha value is -1.59. The van der Waals surface area contributed by atoms with E-state index < -0.39 is 0 Å². The minimum absolute atomic E-state index is 0.0219. The molecule has 2 heterocycles. The predicted octanol–water partition coefficient (Wildman–Crippen LogP) is 4.86. The Bertz CT molecular complexity index is 684. The normalized spacial score (nSPS) is 16.1. The van der Waals surface area contributed by atoms with Gasteiger partial charge in [0.2, 0.25) is 5.88 Å². The second-order valence-electron chi connectivity index (χ2n) is 5.92. The highest BCUT2D eigenvalue weighted by Crippen LogP contribution is 2.37. The maximum atomic E-state index is 12.8. The van der Waals surface area contributed by atoms with Crippen molar-refractivity contribution in [3.63, 3.8) is 0 Å². The summed E-state index contributed by atoms with van der Waals surface area (Å²) in [7, 11) is 0. The molecule has 2 aromatic rings. The van der Waals surface area contributed by atoms with Gasteiger partial charge in [0, 0.05) is 10.9 Å². The summed E-state index contributed by atoms with van der Waals surface area (Å²) < 4.78 is 5.38. The molecule has 1 fully saturated rings. The van der Waals surface area contributed by atoms with E-state index in [2.05, 4.69) is 16.4 Å². The molecule has 6 heteroatoms. The molecule has 2 aromatic heterocycles. The number of amides is 1. The summed E-state index contributed by atoms with van der Waals surface area (Å²) in [4.78, 5) is 18.2. The van der Waals surface area contributed by atoms with Gasteiger partial charge in [-0.1, -0.05) is 30.5 Å². The van der Waals surface area contributed by atoms with E-state index in [0.717, 1.165) is 12.8 Å². The van der Waals surface area contributed by atoms with Gasteiger partial charge < -0.3 is 10.1 Å². The Labute approximate surface area is 151 Å². The third kappa shape index (κ3) is 3.90. The molecule has 1 saturated carbocycles. The summed E-state index contributed by atoms with van der Waals surface area (Å²) in [6.45, 7) is 2.37. The molecule has 128 valence electrons. The fourth-order valence-corrected chi connectivity index (χ4v) is 4.26. The number of nitrogens with one attached hydrogen (secondary N) is 1. The molecule has 1 aliphatic rings. The lowest BCUT2D eigenvalue weighted by atomic mass is 9.96. The van der Waals surface area contributed by atoms with Gasteiger partial charge in [-0.15, -0.1) is 11.3 Å². The van der Waals surface area contributed by atoms with Crippen LogP contribution in [0.5, 0.6) is 5.88 Å². The van der Waals surface area contributed by atoms with Gasteiger partial charge in [0.1, 0.15) is 0 Å². The highest BCUT2D eigenvalue weighted by atomic mass is 35.5. The number of hydrogen-bond acceptors (Lipinski definition) is 4. The van der Waals surface area contributed by atoms with Crippen LogP contribution in [0.4, 0.5) is 0 Å².